The molecule has 1 amide bonds. The number of primary sulfonamides is 1. The van der Waals surface area contributed by atoms with Gasteiger partial charge in [0.2, 0.25) is 16.1 Å². The molecule has 1 heterocycles. The lowest BCUT2D eigenvalue weighted by molar-refractivity contribution is -0.138. The number of hydrogen-bond acceptors (Lipinski definition) is 6. The molecular weight excluding hydrogens is 352 g/mol. The molecule has 2 rings (SSSR count). The Morgan fingerprint density at radius 1 is 1.17 bits per heavy atom. The van der Waals surface area contributed by atoms with Gasteiger partial charge < -0.3 is 9.64 Å². The van der Waals surface area contributed by atoms with Gasteiger partial charge in [-0.2, -0.15) is 0 Å². The van der Waals surface area contributed by atoms with Crippen LogP contribution in [0.1, 0.15) is 21.3 Å². The lowest BCUT2D eigenvalue weighted by atomic mass is 10.1. The SMILES string of the molecule is CN(C)C(=O)C(OC(=O)c1sccc1S(N)(=O)=O)c1ccccc1. The zero-order valence-corrected chi connectivity index (χ0v) is 14.6. The third kappa shape index (κ3) is 3.99. The molecule has 0 spiro atoms. The lowest BCUT2D eigenvalue weighted by Crippen LogP contribution is -2.31. The number of thiophene rings is 1. The fourth-order valence-corrected chi connectivity index (χ4v) is 3.80. The standard InChI is InChI=1S/C15H16N2O5S2/c1-17(2)14(18)12(10-6-4-3-5-7-10)22-15(19)13-11(8-9-23-13)24(16,20)21/h3-9,12H,1-2H3,(H2,16,20,21). The first-order valence-electron chi connectivity index (χ1n) is 6.79. The number of hydrogen-bond donors (Lipinski definition) is 1. The van der Waals surface area contributed by atoms with Gasteiger partial charge in [-0.15, -0.1) is 11.3 Å². The van der Waals surface area contributed by atoms with Gasteiger partial charge in [-0.05, 0) is 11.4 Å². The monoisotopic (exact) mass is 368 g/mol. The minimum atomic E-state index is -4.06. The summed E-state index contributed by atoms with van der Waals surface area (Å²) in [5.74, 6) is -1.36. The van der Waals surface area contributed by atoms with Crippen molar-refractivity contribution in [1.82, 2.24) is 4.90 Å². The third-order valence-electron chi connectivity index (χ3n) is 3.11. The first kappa shape index (κ1) is 18.1. The first-order chi connectivity index (χ1) is 11.2. The smallest absolute Gasteiger partial charge is 0.350 e. The highest BCUT2D eigenvalue weighted by Gasteiger charge is 2.30. The number of likely N-dealkylation sites (N-methyl/N-ethyl adjacent to an activating group) is 1. The lowest BCUT2D eigenvalue weighted by Gasteiger charge is -2.21. The summed E-state index contributed by atoms with van der Waals surface area (Å²) in [6, 6.07) is 9.70. The van der Waals surface area contributed by atoms with Crippen molar-refractivity contribution < 1.29 is 22.7 Å². The molecule has 1 aromatic heterocycles. The Morgan fingerprint density at radius 3 is 2.33 bits per heavy atom. The van der Waals surface area contributed by atoms with Crippen molar-refractivity contribution >= 4 is 33.2 Å². The number of esters is 1. The molecule has 0 saturated carbocycles. The van der Waals surface area contributed by atoms with E-state index in [0.29, 0.717) is 5.56 Å². The van der Waals surface area contributed by atoms with Crippen LogP contribution in [0.3, 0.4) is 0 Å². The van der Waals surface area contributed by atoms with Gasteiger partial charge in [-0.1, -0.05) is 30.3 Å². The van der Waals surface area contributed by atoms with Crippen molar-refractivity contribution in [3.63, 3.8) is 0 Å². The molecule has 2 aromatic rings. The summed E-state index contributed by atoms with van der Waals surface area (Å²) < 4.78 is 28.3. The summed E-state index contributed by atoms with van der Waals surface area (Å²) in [5.41, 5.74) is 0.485. The molecule has 0 aliphatic carbocycles. The van der Waals surface area contributed by atoms with Crippen molar-refractivity contribution in [3.05, 3.63) is 52.2 Å². The fourth-order valence-electron chi connectivity index (χ4n) is 1.95. The Labute approximate surface area is 143 Å². The van der Waals surface area contributed by atoms with Crippen LogP contribution in [0.15, 0.2) is 46.7 Å². The normalized spacial score (nSPS) is 12.5. The maximum absolute atomic E-state index is 12.4. The highest BCUT2D eigenvalue weighted by atomic mass is 32.2. The summed E-state index contributed by atoms with van der Waals surface area (Å²) >= 11 is 0.883. The van der Waals surface area contributed by atoms with Crippen LogP contribution >= 0.6 is 11.3 Å². The van der Waals surface area contributed by atoms with E-state index in [0.717, 1.165) is 11.3 Å². The predicted molar refractivity (Wildman–Crippen MR) is 89.0 cm³/mol. The molecule has 1 unspecified atom stereocenters. The minimum Gasteiger partial charge on any atom is -0.443 e. The van der Waals surface area contributed by atoms with E-state index in [1.54, 1.807) is 30.3 Å². The van der Waals surface area contributed by atoms with E-state index in [1.165, 1.54) is 30.4 Å². The summed E-state index contributed by atoms with van der Waals surface area (Å²) in [7, 11) is -0.988. The van der Waals surface area contributed by atoms with E-state index in [4.69, 9.17) is 9.88 Å². The van der Waals surface area contributed by atoms with Gasteiger partial charge in [0.15, 0.2) is 0 Å². The maximum atomic E-state index is 12.4. The first-order valence-corrected chi connectivity index (χ1v) is 9.22. The van der Waals surface area contributed by atoms with Gasteiger partial charge in [-0.3, -0.25) is 4.79 Å². The van der Waals surface area contributed by atoms with Crippen molar-refractivity contribution in [3.8, 4) is 0 Å². The molecular formula is C15H16N2O5S2. The van der Waals surface area contributed by atoms with E-state index >= 15 is 0 Å². The van der Waals surface area contributed by atoms with Crippen LogP contribution in [0, 0.1) is 0 Å². The highest BCUT2D eigenvalue weighted by molar-refractivity contribution is 7.89. The van der Waals surface area contributed by atoms with Crippen molar-refractivity contribution in [2.45, 2.75) is 11.0 Å². The summed E-state index contributed by atoms with van der Waals surface area (Å²) in [4.78, 5) is 25.5. The minimum absolute atomic E-state index is 0.162. The molecule has 0 saturated heterocycles. The number of nitrogens with zero attached hydrogens (tertiary/aromatic N) is 1. The van der Waals surface area contributed by atoms with Gasteiger partial charge >= 0.3 is 5.97 Å². The summed E-state index contributed by atoms with van der Waals surface area (Å²) in [6.07, 6.45) is -1.18. The number of carbonyl (C=O) groups excluding carboxylic acids is 2. The second kappa shape index (κ2) is 7.12. The van der Waals surface area contributed by atoms with Crippen LogP contribution in [-0.2, 0) is 19.6 Å². The van der Waals surface area contributed by atoms with E-state index in [9.17, 15) is 18.0 Å². The Morgan fingerprint density at radius 2 is 1.79 bits per heavy atom. The van der Waals surface area contributed by atoms with E-state index in [-0.39, 0.29) is 9.77 Å². The van der Waals surface area contributed by atoms with Crippen molar-refractivity contribution in [1.29, 1.82) is 0 Å². The van der Waals surface area contributed by atoms with Crippen LogP contribution in [0.5, 0.6) is 0 Å². The Hall–Kier alpha value is -2.23. The van der Waals surface area contributed by atoms with Gasteiger partial charge in [0.25, 0.3) is 5.91 Å². The molecule has 1 aromatic carbocycles. The van der Waals surface area contributed by atoms with Crippen molar-refractivity contribution in [2.24, 2.45) is 5.14 Å². The van der Waals surface area contributed by atoms with Crippen molar-refractivity contribution in [2.75, 3.05) is 14.1 Å². The number of rotatable bonds is 5. The second-order valence-electron chi connectivity index (χ2n) is 5.09. The number of nitrogens with two attached hydrogens (primary N) is 1. The molecule has 1 atom stereocenters. The number of carbonyl (C=O) groups is 2. The molecule has 2 N–H and O–H groups in total. The number of amides is 1. The Kier molecular flexibility index (Phi) is 5.37. The van der Waals surface area contributed by atoms with E-state index in [1.807, 2.05) is 0 Å². The Balaban J connectivity index is 2.36. The highest BCUT2D eigenvalue weighted by Crippen LogP contribution is 2.26. The summed E-state index contributed by atoms with van der Waals surface area (Å²) in [6.45, 7) is 0. The van der Waals surface area contributed by atoms with Gasteiger partial charge in [0, 0.05) is 19.7 Å². The number of ether oxygens (including phenoxy) is 1. The largest absolute Gasteiger partial charge is 0.443 e. The zero-order chi connectivity index (χ0) is 17.9. The molecule has 0 radical (unpaired) electrons. The molecule has 0 aliphatic heterocycles. The molecule has 0 fully saturated rings. The predicted octanol–water partition coefficient (Wildman–Crippen LogP) is 1.38. The van der Waals surface area contributed by atoms with Gasteiger partial charge in [0.05, 0.1) is 0 Å². The van der Waals surface area contributed by atoms with Crippen LogP contribution in [0.4, 0.5) is 0 Å². The molecule has 0 bridgehead atoms. The van der Waals surface area contributed by atoms with E-state index < -0.39 is 28.0 Å². The second-order valence-corrected chi connectivity index (χ2v) is 7.53. The molecule has 9 heteroatoms. The quantitative estimate of drug-likeness (QED) is 0.803. The average molecular weight is 368 g/mol. The van der Waals surface area contributed by atoms with Gasteiger partial charge in [0.1, 0.15) is 9.77 Å². The average Bonchev–Trinajstić information content (AvgIpc) is 3.02. The molecule has 128 valence electrons. The van der Waals surface area contributed by atoms with Crippen LogP contribution in [0.2, 0.25) is 0 Å². The fraction of sp³-hybridized carbons (Fsp3) is 0.200. The molecule has 7 nitrogen and oxygen atoms in total. The van der Waals surface area contributed by atoms with E-state index in [2.05, 4.69) is 0 Å². The number of benzene rings is 1. The molecule has 24 heavy (non-hydrogen) atoms. The topological polar surface area (TPSA) is 107 Å². The Bertz CT molecular complexity index is 844. The third-order valence-corrected chi connectivity index (χ3v) is 5.09. The summed E-state index contributed by atoms with van der Waals surface area (Å²) in [5, 5.41) is 6.50. The van der Waals surface area contributed by atoms with Crippen LogP contribution < -0.4 is 5.14 Å². The maximum Gasteiger partial charge on any atom is 0.350 e. The van der Waals surface area contributed by atoms with Gasteiger partial charge in [-0.25, -0.2) is 18.4 Å². The van der Waals surface area contributed by atoms with Crippen LogP contribution in [0.25, 0.3) is 0 Å². The van der Waals surface area contributed by atoms with Crippen LogP contribution in [-0.4, -0.2) is 39.3 Å². The number of sulfonamides is 1. The molecule has 0 aliphatic rings. The zero-order valence-electron chi connectivity index (χ0n) is 13.0.